The molecule has 0 amide bonds. The van der Waals surface area contributed by atoms with E-state index in [9.17, 15) is 0 Å². The predicted octanol–water partition coefficient (Wildman–Crippen LogP) is 2.78. The molecule has 0 fully saturated rings. The van der Waals surface area contributed by atoms with Gasteiger partial charge in [0.25, 0.3) is 0 Å². The van der Waals surface area contributed by atoms with Crippen LogP contribution >= 0.6 is 0 Å². The molecule has 2 rings (SSSR count). The molecule has 0 bridgehead atoms. The minimum atomic E-state index is 0.599. The second-order valence-electron chi connectivity index (χ2n) is 4.75. The molecule has 6 nitrogen and oxygen atoms in total. The van der Waals surface area contributed by atoms with Crippen LogP contribution in [0.3, 0.4) is 0 Å². The standard InChI is InChI=1S/C15H21N5O/c1-4-5-13-18-14(9-15(19-13)20-16)17-12-7-6-11(21-3)8-10(12)2/h6-9H,4-5,16H2,1-3H3,(H2,17,18,19,20). The van der Waals surface area contributed by atoms with E-state index in [0.29, 0.717) is 5.82 Å². The summed E-state index contributed by atoms with van der Waals surface area (Å²) in [4.78, 5) is 8.83. The highest BCUT2D eigenvalue weighted by molar-refractivity contribution is 5.63. The molecule has 0 spiro atoms. The van der Waals surface area contributed by atoms with Gasteiger partial charge in [0.1, 0.15) is 23.2 Å². The lowest BCUT2D eigenvalue weighted by Crippen LogP contribution is -2.11. The molecular formula is C15H21N5O. The number of aryl methyl sites for hydroxylation is 2. The summed E-state index contributed by atoms with van der Waals surface area (Å²) >= 11 is 0. The first kappa shape index (κ1) is 15.1. The van der Waals surface area contributed by atoms with E-state index in [1.54, 1.807) is 13.2 Å². The van der Waals surface area contributed by atoms with E-state index >= 15 is 0 Å². The van der Waals surface area contributed by atoms with Crippen molar-refractivity contribution in [3.8, 4) is 5.75 Å². The Morgan fingerprint density at radius 1 is 1.19 bits per heavy atom. The summed E-state index contributed by atoms with van der Waals surface area (Å²) in [5, 5.41) is 3.29. The summed E-state index contributed by atoms with van der Waals surface area (Å²) in [5.41, 5.74) is 4.62. The van der Waals surface area contributed by atoms with Crippen LogP contribution in [0.1, 0.15) is 24.7 Å². The fourth-order valence-electron chi connectivity index (χ4n) is 2.01. The van der Waals surface area contributed by atoms with Gasteiger partial charge in [-0.05, 0) is 37.1 Å². The maximum Gasteiger partial charge on any atom is 0.145 e. The maximum absolute atomic E-state index is 5.46. The van der Waals surface area contributed by atoms with Crippen molar-refractivity contribution in [2.24, 2.45) is 5.84 Å². The molecule has 1 aromatic heterocycles. The van der Waals surface area contributed by atoms with Crippen molar-refractivity contribution in [3.63, 3.8) is 0 Å². The Balaban J connectivity index is 2.27. The number of hydrazine groups is 1. The molecule has 112 valence electrons. The van der Waals surface area contributed by atoms with Crippen LogP contribution in [0.15, 0.2) is 24.3 Å². The number of benzene rings is 1. The molecule has 6 heteroatoms. The van der Waals surface area contributed by atoms with Gasteiger partial charge in [0.05, 0.1) is 7.11 Å². The van der Waals surface area contributed by atoms with Crippen molar-refractivity contribution in [2.75, 3.05) is 17.9 Å². The summed E-state index contributed by atoms with van der Waals surface area (Å²) in [6.07, 6.45) is 1.79. The van der Waals surface area contributed by atoms with Crippen molar-refractivity contribution in [3.05, 3.63) is 35.7 Å². The van der Waals surface area contributed by atoms with E-state index < -0.39 is 0 Å². The lowest BCUT2D eigenvalue weighted by molar-refractivity contribution is 0.414. The van der Waals surface area contributed by atoms with Gasteiger partial charge in [-0.25, -0.2) is 15.8 Å². The molecule has 0 aliphatic heterocycles. The number of rotatable bonds is 6. The molecular weight excluding hydrogens is 266 g/mol. The third-order valence-electron chi connectivity index (χ3n) is 3.09. The first-order valence-corrected chi connectivity index (χ1v) is 6.92. The van der Waals surface area contributed by atoms with Gasteiger partial charge in [0.2, 0.25) is 0 Å². The van der Waals surface area contributed by atoms with Gasteiger partial charge in [0.15, 0.2) is 0 Å². The number of aromatic nitrogens is 2. The Bertz CT molecular complexity index is 615. The van der Waals surface area contributed by atoms with E-state index in [4.69, 9.17) is 10.6 Å². The summed E-state index contributed by atoms with van der Waals surface area (Å²) in [5.74, 6) is 8.37. The molecule has 0 saturated heterocycles. The molecule has 4 N–H and O–H groups in total. The highest BCUT2D eigenvalue weighted by atomic mass is 16.5. The van der Waals surface area contributed by atoms with Crippen LogP contribution in [0, 0.1) is 6.92 Å². The molecule has 0 radical (unpaired) electrons. The van der Waals surface area contributed by atoms with Crippen LogP contribution in [0.5, 0.6) is 5.75 Å². The molecule has 0 aliphatic rings. The van der Waals surface area contributed by atoms with Crippen LogP contribution in [0.2, 0.25) is 0 Å². The maximum atomic E-state index is 5.46. The zero-order valence-electron chi connectivity index (χ0n) is 12.6. The molecule has 0 saturated carbocycles. The van der Waals surface area contributed by atoms with Crippen molar-refractivity contribution >= 4 is 17.3 Å². The summed E-state index contributed by atoms with van der Waals surface area (Å²) in [7, 11) is 1.66. The van der Waals surface area contributed by atoms with Crippen LogP contribution in [-0.2, 0) is 6.42 Å². The van der Waals surface area contributed by atoms with E-state index in [2.05, 4.69) is 27.6 Å². The lowest BCUT2D eigenvalue weighted by atomic mass is 10.2. The number of nitrogen functional groups attached to an aromatic ring is 1. The molecule has 21 heavy (non-hydrogen) atoms. The first-order chi connectivity index (χ1) is 10.2. The van der Waals surface area contributed by atoms with Gasteiger partial charge in [-0.15, -0.1) is 0 Å². The zero-order valence-corrected chi connectivity index (χ0v) is 12.6. The van der Waals surface area contributed by atoms with Gasteiger partial charge >= 0.3 is 0 Å². The van der Waals surface area contributed by atoms with E-state index in [1.807, 2.05) is 25.1 Å². The van der Waals surface area contributed by atoms with Gasteiger partial charge in [-0.3, -0.25) is 0 Å². The van der Waals surface area contributed by atoms with Crippen LogP contribution in [0.4, 0.5) is 17.3 Å². The van der Waals surface area contributed by atoms with Crippen molar-refractivity contribution in [2.45, 2.75) is 26.7 Å². The number of hydrogen-bond acceptors (Lipinski definition) is 6. The number of methoxy groups -OCH3 is 1. The first-order valence-electron chi connectivity index (χ1n) is 6.92. The molecule has 1 heterocycles. The van der Waals surface area contributed by atoms with Crippen LogP contribution in [-0.4, -0.2) is 17.1 Å². The van der Waals surface area contributed by atoms with Crippen molar-refractivity contribution in [1.29, 1.82) is 0 Å². The average Bonchev–Trinajstić information content (AvgIpc) is 2.49. The minimum Gasteiger partial charge on any atom is -0.497 e. The SMILES string of the molecule is CCCc1nc(NN)cc(Nc2ccc(OC)cc2C)n1. The summed E-state index contributed by atoms with van der Waals surface area (Å²) in [6.45, 7) is 4.10. The second kappa shape index (κ2) is 6.90. The van der Waals surface area contributed by atoms with Crippen LogP contribution in [0.25, 0.3) is 0 Å². The predicted molar refractivity (Wildman–Crippen MR) is 84.9 cm³/mol. The molecule has 2 aromatic rings. The second-order valence-corrected chi connectivity index (χ2v) is 4.75. The quantitative estimate of drug-likeness (QED) is 0.559. The van der Waals surface area contributed by atoms with Crippen molar-refractivity contribution in [1.82, 2.24) is 9.97 Å². The smallest absolute Gasteiger partial charge is 0.145 e. The van der Waals surface area contributed by atoms with Gasteiger partial charge in [-0.1, -0.05) is 6.92 Å². The van der Waals surface area contributed by atoms with E-state index in [1.165, 1.54) is 0 Å². The highest BCUT2D eigenvalue weighted by Crippen LogP contribution is 2.24. The third kappa shape index (κ3) is 3.82. The number of nitrogens with two attached hydrogens (primary N) is 1. The average molecular weight is 287 g/mol. The number of anilines is 3. The van der Waals surface area contributed by atoms with Gasteiger partial charge < -0.3 is 15.5 Å². The van der Waals surface area contributed by atoms with Crippen LogP contribution < -0.4 is 21.3 Å². The molecule has 0 unspecified atom stereocenters. The summed E-state index contributed by atoms with van der Waals surface area (Å²) in [6, 6.07) is 7.62. The monoisotopic (exact) mass is 287 g/mol. The van der Waals surface area contributed by atoms with Gasteiger partial charge in [0, 0.05) is 18.2 Å². The Kier molecular flexibility index (Phi) is 4.94. The van der Waals surface area contributed by atoms with Crippen molar-refractivity contribution < 1.29 is 4.74 Å². The van der Waals surface area contributed by atoms with E-state index in [0.717, 1.165) is 41.5 Å². The fourth-order valence-corrected chi connectivity index (χ4v) is 2.01. The number of hydrogen-bond donors (Lipinski definition) is 3. The van der Waals surface area contributed by atoms with E-state index in [-0.39, 0.29) is 0 Å². The Labute approximate surface area is 124 Å². The fraction of sp³-hybridized carbons (Fsp3) is 0.333. The topological polar surface area (TPSA) is 85.1 Å². The summed E-state index contributed by atoms with van der Waals surface area (Å²) < 4.78 is 5.21. The Hall–Kier alpha value is -2.34. The van der Waals surface area contributed by atoms with Gasteiger partial charge in [-0.2, -0.15) is 0 Å². The number of nitrogens with one attached hydrogen (secondary N) is 2. The molecule has 1 aromatic carbocycles. The number of nitrogens with zero attached hydrogens (tertiary/aromatic N) is 2. The highest BCUT2D eigenvalue weighted by Gasteiger charge is 2.06. The Morgan fingerprint density at radius 2 is 1.95 bits per heavy atom. The minimum absolute atomic E-state index is 0.599. The normalized spacial score (nSPS) is 10.3. The molecule has 0 atom stereocenters. The largest absolute Gasteiger partial charge is 0.497 e. The molecule has 0 aliphatic carbocycles. The Morgan fingerprint density at radius 3 is 2.57 bits per heavy atom. The number of ether oxygens (including phenoxy) is 1. The zero-order chi connectivity index (χ0) is 15.2. The lowest BCUT2D eigenvalue weighted by Gasteiger charge is -2.12. The third-order valence-corrected chi connectivity index (χ3v) is 3.09.